The number of ether oxygens (including phenoxy) is 3. The zero-order chi connectivity index (χ0) is 48.2. The van der Waals surface area contributed by atoms with Crippen LogP contribution in [-0.4, -0.2) is 68.5 Å². The van der Waals surface area contributed by atoms with Gasteiger partial charge in [0.1, 0.15) is 18.2 Å². The molecule has 1 unspecified atom stereocenters. The minimum absolute atomic E-state index is 0.0122. The van der Waals surface area contributed by atoms with Gasteiger partial charge in [0.15, 0.2) is 14.6 Å². The molecule has 0 aromatic rings. The van der Waals surface area contributed by atoms with Crippen molar-refractivity contribution in [3.05, 3.63) is 0 Å². The largest absolute Gasteiger partial charge is 0.462 e. The molecule has 10 heteroatoms. The number of hydrogen-bond acceptors (Lipinski definition) is 8. The molecule has 0 radical (unpaired) electrons. The number of hydrogen-bond donors (Lipinski definition) is 2. The van der Waals surface area contributed by atoms with E-state index in [1.54, 1.807) is 0 Å². The van der Waals surface area contributed by atoms with Gasteiger partial charge in [0, 0.05) is 18.8 Å². The van der Waals surface area contributed by atoms with E-state index in [0.717, 1.165) is 57.8 Å². The Kier molecular flexibility index (Phi) is 36.3. The standard InChI is InChI=1S/C55H107NO8Si/c1-10-13-16-19-22-25-27-30-33-36-39-42-50(58)62-47(41-38-35-32-29-24-21-18-15-12-3)44-49(57)56-52-53(46(4)48(63-54(52)60)45-61-65(8,9)55(5,6)7)64-51(59)43-40-37-34-31-28-26-23-20-17-14-11-2/h46-48,52-54,60H,10-45H2,1-9H3,(H,56,57)/t46-,47-,48-,52-,53+,54?/m1/s1. The fourth-order valence-electron chi connectivity index (χ4n) is 8.78. The van der Waals surface area contributed by atoms with Crippen molar-refractivity contribution in [2.75, 3.05) is 6.61 Å². The quantitative estimate of drug-likeness (QED) is 0.0353. The van der Waals surface area contributed by atoms with E-state index in [1.165, 1.54) is 141 Å². The first-order chi connectivity index (χ1) is 31.2. The monoisotopic (exact) mass is 938 g/mol. The Morgan fingerprint density at radius 2 is 0.985 bits per heavy atom. The summed E-state index contributed by atoms with van der Waals surface area (Å²) in [5, 5.41) is 14.5. The molecule has 2 N–H and O–H groups in total. The van der Waals surface area contributed by atoms with Gasteiger partial charge in [-0.3, -0.25) is 14.4 Å². The molecular formula is C55H107NO8Si. The highest BCUT2D eigenvalue weighted by Gasteiger charge is 2.47. The van der Waals surface area contributed by atoms with Gasteiger partial charge < -0.3 is 29.1 Å². The first-order valence-electron chi connectivity index (χ1n) is 27.8. The number of nitrogens with one attached hydrogen (secondary N) is 1. The highest BCUT2D eigenvalue weighted by Crippen LogP contribution is 2.38. The summed E-state index contributed by atoms with van der Waals surface area (Å²) in [7, 11) is -2.14. The van der Waals surface area contributed by atoms with Crippen LogP contribution in [0.3, 0.4) is 0 Å². The van der Waals surface area contributed by atoms with E-state index in [-0.39, 0.29) is 41.8 Å². The van der Waals surface area contributed by atoms with Gasteiger partial charge in [-0.05, 0) is 43.8 Å². The fourth-order valence-corrected chi connectivity index (χ4v) is 9.79. The number of unbranched alkanes of at least 4 members (excludes halogenated alkanes) is 28. The van der Waals surface area contributed by atoms with Gasteiger partial charge in [-0.1, -0.05) is 228 Å². The Hall–Kier alpha value is -1.49. The predicted octanol–water partition coefficient (Wildman–Crippen LogP) is 15.4. The lowest BCUT2D eigenvalue weighted by atomic mass is 9.89. The van der Waals surface area contributed by atoms with Gasteiger partial charge in [0.2, 0.25) is 5.91 Å². The molecule has 0 bridgehead atoms. The number of amides is 1. The van der Waals surface area contributed by atoms with Crippen LogP contribution >= 0.6 is 0 Å². The van der Waals surface area contributed by atoms with E-state index in [9.17, 15) is 19.5 Å². The summed E-state index contributed by atoms with van der Waals surface area (Å²) >= 11 is 0. The average molecular weight is 939 g/mol. The predicted molar refractivity (Wildman–Crippen MR) is 274 cm³/mol. The lowest BCUT2D eigenvalue weighted by Crippen LogP contribution is -2.63. The molecule has 384 valence electrons. The van der Waals surface area contributed by atoms with Crippen molar-refractivity contribution < 1.29 is 38.1 Å². The van der Waals surface area contributed by atoms with Crippen LogP contribution in [0.25, 0.3) is 0 Å². The number of esters is 2. The Morgan fingerprint density at radius 3 is 1.40 bits per heavy atom. The maximum absolute atomic E-state index is 13.9. The molecule has 0 aliphatic carbocycles. The number of rotatable bonds is 42. The molecule has 1 amide bonds. The molecule has 9 nitrogen and oxygen atoms in total. The summed E-state index contributed by atoms with van der Waals surface area (Å²) in [6.07, 6.45) is 35.0. The van der Waals surface area contributed by atoms with Gasteiger partial charge in [-0.15, -0.1) is 0 Å². The van der Waals surface area contributed by atoms with Gasteiger partial charge >= 0.3 is 11.9 Å². The molecule has 0 aromatic carbocycles. The van der Waals surface area contributed by atoms with Gasteiger partial charge in [-0.25, -0.2) is 0 Å². The normalized spacial score (nSPS) is 19.6. The number of carbonyl (C=O) groups excluding carboxylic acids is 3. The third-order valence-electron chi connectivity index (χ3n) is 14.4. The fraction of sp³-hybridized carbons (Fsp3) is 0.945. The molecule has 1 aliphatic heterocycles. The average Bonchev–Trinajstić information content (AvgIpc) is 3.25. The van der Waals surface area contributed by atoms with Crippen LogP contribution in [0.15, 0.2) is 0 Å². The highest BCUT2D eigenvalue weighted by molar-refractivity contribution is 6.74. The third kappa shape index (κ3) is 30.6. The van der Waals surface area contributed by atoms with Gasteiger partial charge in [-0.2, -0.15) is 0 Å². The van der Waals surface area contributed by atoms with Crippen LogP contribution < -0.4 is 5.32 Å². The van der Waals surface area contributed by atoms with Gasteiger partial charge in [0.05, 0.1) is 19.1 Å². The number of aliphatic hydroxyl groups excluding tert-OH is 1. The van der Waals surface area contributed by atoms with E-state index < -0.39 is 39.0 Å². The van der Waals surface area contributed by atoms with Crippen LogP contribution in [0.1, 0.15) is 273 Å². The minimum atomic E-state index is -2.14. The SMILES string of the molecule is CCCCCCCCCCCCCC(=O)O[C@H](CCCCCCCCCCC)CC(=O)N[C@H]1C(O)O[C@H](CO[Si](C)(C)C(C)(C)C)[C@@H](C)[C@@H]1OC(=O)CCCCCCCCCCCCC. The lowest BCUT2D eigenvalue weighted by molar-refractivity contribution is -0.240. The Labute approximate surface area is 402 Å². The van der Waals surface area contributed by atoms with Crippen LogP contribution in [0.2, 0.25) is 18.1 Å². The molecule has 0 aromatic heterocycles. The first kappa shape index (κ1) is 61.5. The highest BCUT2D eigenvalue weighted by atomic mass is 28.4. The molecule has 0 spiro atoms. The van der Waals surface area contributed by atoms with E-state index in [2.05, 4.69) is 60.0 Å². The van der Waals surface area contributed by atoms with E-state index >= 15 is 0 Å². The van der Waals surface area contributed by atoms with E-state index in [1.807, 2.05) is 6.92 Å². The first-order valence-corrected chi connectivity index (χ1v) is 30.7. The Balaban J connectivity index is 2.92. The second-order valence-corrected chi connectivity index (χ2v) is 26.4. The molecule has 6 atom stereocenters. The minimum Gasteiger partial charge on any atom is -0.462 e. The van der Waals surface area contributed by atoms with Crippen molar-refractivity contribution in [1.29, 1.82) is 0 Å². The van der Waals surface area contributed by atoms with Crippen molar-refractivity contribution in [3.8, 4) is 0 Å². The molecule has 1 saturated heterocycles. The van der Waals surface area contributed by atoms with Gasteiger partial charge in [0.25, 0.3) is 0 Å². The van der Waals surface area contributed by atoms with Crippen LogP contribution in [0.5, 0.6) is 0 Å². The Morgan fingerprint density at radius 1 is 0.600 bits per heavy atom. The molecule has 65 heavy (non-hydrogen) atoms. The topological polar surface area (TPSA) is 120 Å². The summed E-state index contributed by atoms with van der Waals surface area (Å²) < 4.78 is 24.9. The molecule has 1 fully saturated rings. The maximum Gasteiger partial charge on any atom is 0.306 e. The van der Waals surface area contributed by atoms with Crippen LogP contribution in [0, 0.1) is 5.92 Å². The zero-order valence-corrected chi connectivity index (χ0v) is 45.2. The summed E-state index contributed by atoms with van der Waals surface area (Å²) in [4.78, 5) is 40.5. The summed E-state index contributed by atoms with van der Waals surface area (Å²) in [6.45, 7) is 19.9. The van der Waals surface area contributed by atoms with E-state index in [4.69, 9.17) is 18.6 Å². The van der Waals surface area contributed by atoms with Crippen LogP contribution in [-0.2, 0) is 33.0 Å². The third-order valence-corrected chi connectivity index (χ3v) is 18.9. The lowest BCUT2D eigenvalue weighted by Gasteiger charge is -2.45. The van der Waals surface area contributed by atoms with Crippen molar-refractivity contribution in [2.24, 2.45) is 5.92 Å². The number of aliphatic hydroxyl groups is 1. The molecular weight excluding hydrogens is 831 g/mol. The molecule has 1 aliphatic rings. The summed E-state index contributed by atoms with van der Waals surface area (Å²) in [5.74, 6) is -1.27. The molecule has 1 heterocycles. The Bertz CT molecular complexity index is 1180. The number of carbonyl (C=O) groups is 3. The van der Waals surface area contributed by atoms with Crippen LogP contribution in [0.4, 0.5) is 0 Å². The van der Waals surface area contributed by atoms with Crippen molar-refractivity contribution in [3.63, 3.8) is 0 Å². The summed E-state index contributed by atoms with van der Waals surface area (Å²) in [6, 6.07) is -0.969. The molecule has 0 saturated carbocycles. The van der Waals surface area contributed by atoms with Crippen molar-refractivity contribution >= 4 is 26.2 Å². The zero-order valence-electron chi connectivity index (χ0n) is 44.2. The van der Waals surface area contributed by atoms with Crippen molar-refractivity contribution in [2.45, 2.75) is 322 Å². The smallest absolute Gasteiger partial charge is 0.306 e. The molecule has 1 rings (SSSR count). The second kappa shape index (κ2) is 38.4. The second-order valence-electron chi connectivity index (χ2n) is 21.5. The maximum atomic E-state index is 13.9. The van der Waals surface area contributed by atoms with Crippen molar-refractivity contribution in [1.82, 2.24) is 5.32 Å². The summed E-state index contributed by atoms with van der Waals surface area (Å²) in [5.41, 5.74) is 0. The van der Waals surface area contributed by atoms with E-state index in [0.29, 0.717) is 19.3 Å².